The van der Waals surface area contributed by atoms with E-state index in [2.05, 4.69) is 29.8 Å². The first-order valence-electron chi connectivity index (χ1n) is 13.2. The van der Waals surface area contributed by atoms with Gasteiger partial charge < -0.3 is 4.42 Å². The summed E-state index contributed by atoms with van der Waals surface area (Å²) < 4.78 is 105. The van der Waals surface area contributed by atoms with Crippen LogP contribution in [0.15, 0.2) is 86.6 Å². The molecule has 0 N–H and O–H groups in total. The van der Waals surface area contributed by atoms with Gasteiger partial charge in [-0.2, -0.15) is 13.2 Å². The molecule has 1 aliphatic heterocycles. The molecule has 6 aromatic rings. The van der Waals surface area contributed by atoms with Crippen molar-refractivity contribution in [1.29, 1.82) is 0 Å². The van der Waals surface area contributed by atoms with E-state index in [1.807, 2.05) is 12.1 Å². The van der Waals surface area contributed by atoms with Crippen molar-refractivity contribution in [3.63, 3.8) is 0 Å². The molecule has 14 heteroatoms. The third-order valence-corrected chi connectivity index (χ3v) is 7.22. The summed E-state index contributed by atoms with van der Waals surface area (Å²) in [5.74, 6) is -11.3. The molecule has 1 aliphatic rings. The van der Waals surface area contributed by atoms with Crippen molar-refractivity contribution in [3.05, 3.63) is 123 Å². The highest BCUT2D eigenvalue weighted by Gasteiger charge is 2.43. The van der Waals surface area contributed by atoms with Crippen LogP contribution in [-0.4, -0.2) is 15.0 Å². The third kappa shape index (κ3) is 4.55. The van der Waals surface area contributed by atoms with Crippen molar-refractivity contribution < 1.29 is 35.2 Å². The summed E-state index contributed by atoms with van der Waals surface area (Å²) in [5.41, 5.74) is -2.69. The van der Waals surface area contributed by atoms with E-state index in [0.29, 0.717) is 21.9 Å². The van der Waals surface area contributed by atoms with Crippen LogP contribution in [0.4, 0.5) is 30.7 Å². The first kappa shape index (κ1) is 28.8. The van der Waals surface area contributed by atoms with E-state index in [1.54, 1.807) is 24.3 Å². The topological polar surface area (TPSA) is 80.9 Å². The van der Waals surface area contributed by atoms with E-state index in [4.69, 9.17) is 11.0 Å². The van der Waals surface area contributed by atoms with Crippen LogP contribution >= 0.6 is 0 Å². The number of aromatic nitrogens is 3. The van der Waals surface area contributed by atoms with Gasteiger partial charge in [0.2, 0.25) is 5.70 Å². The molecule has 226 valence electrons. The first-order chi connectivity index (χ1) is 21.9. The Hall–Kier alpha value is -5.97. The minimum absolute atomic E-state index is 0.165. The minimum atomic E-state index is -5.73. The molecule has 0 spiro atoms. The smallest absolute Gasteiger partial charge is 0.422 e. The zero-order valence-electron chi connectivity index (χ0n) is 23.0. The van der Waals surface area contributed by atoms with Crippen LogP contribution in [0, 0.1) is 29.8 Å². The first-order valence-corrected chi connectivity index (χ1v) is 13.2. The van der Waals surface area contributed by atoms with E-state index < -0.39 is 46.4 Å². The van der Waals surface area contributed by atoms with Gasteiger partial charge in [-0.3, -0.25) is 0 Å². The number of hydrogen-bond acceptors (Lipinski definition) is 6. The Labute approximate surface area is 252 Å². The summed E-state index contributed by atoms with van der Waals surface area (Å²) >= 11 is 0. The lowest BCUT2D eigenvalue weighted by atomic mass is 10.1. The molecule has 0 saturated heterocycles. The number of allylic oxidation sites excluding steroid dienone is 1. The van der Waals surface area contributed by atoms with Gasteiger partial charge in [0.25, 0.3) is 0 Å². The molecule has 7 nitrogen and oxygen atoms in total. The van der Waals surface area contributed by atoms with Crippen molar-refractivity contribution in [2.24, 2.45) is 9.98 Å². The lowest BCUT2D eigenvalue weighted by Crippen LogP contribution is -2.21. The lowest BCUT2D eigenvalue weighted by Gasteiger charge is -2.14. The Morgan fingerprint density at radius 1 is 0.696 bits per heavy atom. The molecule has 0 amide bonds. The van der Waals surface area contributed by atoms with Gasteiger partial charge >= 0.3 is 6.18 Å². The number of fused-ring (bicyclic) bond motifs is 4. The van der Waals surface area contributed by atoms with Crippen molar-refractivity contribution >= 4 is 21.9 Å². The molecule has 0 saturated carbocycles. The number of para-hydroxylation sites is 1. The predicted molar refractivity (Wildman–Crippen MR) is 150 cm³/mol. The second-order valence-electron chi connectivity index (χ2n) is 10.1. The van der Waals surface area contributed by atoms with Gasteiger partial charge in [0.1, 0.15) is 16.7 Å². The summed E-state index contributed by atoms with van der Waals surface area (Å²) in [5, 5.41) is 2.22. The SMILES string of the molecule is [C-]#[N+]/C(C)=C1\N=c2ccc(-c3nc(-c4ccc5c(c4)oc4ccccc45)nc(-c4c(F)c(F)c(C(F)(F)F)c(F)c4F)n3)cc2=N1. The maximum Gasteiger partial charge on any atom is 0.422 e. The second kappa shape index (κ2) is 10.3. The van der Waals surface area contributed by atoms with Crippen LogP contribution in [0.5, 0.6) is 0 Å². The predicted octanol–water partition coefficient (Wildman–Crippen LogP) is 7.71. The number of hydrogen-bond donors (Lipinski definition) is 0. The van der Waals surface area contributed by atoms with E-state index in [1.165, 1.54) is 31.2 Å². The summed E-state index contributed by atoms with van der Waals surface area (Å²) in [6.07, 6.45) is -5.73. The lowest BCUT2D eigenvalue weighted by molar-refractivity contribution is -0.143. The van der Waals surface area contributed by atoms with Crippen LogP contribution in [0.1, 0.15) is 12.5 Å². The monoisotopic (exact) mass is 630 g/mol. The van der Waals surface area contributed by atoms with Gasteiger partial charge in [-0.1, -0.05) is 24.3 Å². The maximum atomic E-state index is 15.2. The normalized spacial score (nSPS) is 13.8. The zero-order valence-corrected chi connectivity index (χ0v) is 23.0. The third-order valence-electron chi connectivity index (χ3n) is 7.22. The highest BCUT2D eigenvalue weighted by Crippen LogP contribution is 2.40. The highest BCUT2D eigenvalue weighted by atomic mass is 19.4. The highest BCUT2D eigenvalue weighted by molar-refractivity contribution is 6.05. The van der Waals surface area contributed by atoms with Gasteiger partial charge in [-0.05, 0) is 43.3 Å². The quantitative estimate of drug-likeness (QED) is 0.114. The van der Waals surface area contributed by atoms with Crippen molar-refractivity contribution in [1.82, 2.24) is 15.0 Å². The molecule has 46 heavy (non-hydrogen) atoms. The van der Waals surface area contributed by atoms with E-state index in [0.717, 1.165) is 10.8 Å². The molecule has 4 aromatic carbocycles. The van der Waals surface area contributed by atoms with E-state index in [9.17, 15) is 22.0 Å². The van der Waals surface area contributed by atoms with Gasteiger partial charge in [0.05, 0.1) is 22.9 Å². The van der Waals surface area contributed by atoms with Gasteiger partial charge in [0, 0.05) is 21.9 Å². The Morgan fingerprint density at radius 2 is 1.28 bits per heavy atom. The average Bonchev–Trinajstić information content (AvgIpc) is 3.63. The fraction of sp³-hybridized carbons (Fsp3) is 0.0625. The molecule has 0 bridgehead atoms. The van der Waals surface area contributed by atoms with Crippen LogP contribution in [0.3, 0.4) is 0 Å². The minimum Gasteiger partial charge on any atom is -0.456 e. The molecule has 7 rings (SSSR count). The number of benzene rings is 4. The van der Waals surface area contributed by atoms with Gasteiger partial charge in [0.15, 0.2) is 46.6 Å². The largest absolute Gasteiger partial charge is 0.456 e. The van der Waals surface area contributed by atoms with Crippen LogP contribution < -0.4 is 10.7 Å². The number of halogens is 7. The summed E-state index contributed by atoms with van der Waals surface area (Å²) in [6, 6.07) is 16.4. The molecule has 2 aromatic heterocycles. The van der Waals surface area contributed by atoms with E-state index in [-0.39, 0.29) is 34.3 Å². The molecule has 0 unspecified atom stereocenters. The Kier molecular flexibility index (Phi) is 6.44. The Bertz CT molecular complexity index is 2470. The average molecular weight is 630 g/mol. The van der Waals surface area contributed by atoms with Gasteiger partial charge in [-0.25, -0.2) is 47.3 Å². The molecule has 0 radical (unpaired) electrons. The van der Waals surface area contributed by atoms with Crippen LogP contribution in [0.25, 0.3) is 60.9 Å². The fourth-order valence-corrected chi connectivity index (χ4v) is 5.00. The number of rotatable bonds is 3. The summed E-state index contributed by atoms with van der Waals surface area (Å²) in [7, 11) is 0. The van der Waals surface area contributed by atoms with Crippen LogP contribution in [-0.2, 0) is 6.18 Å². The van der Waals surface area contributed by atoms with Crippen LogP contribution in [0.2, 0.25) is 0 Å². The second-order valence-corrected chi connectivity index (χ2v) is 10.1. The molecular weight excluding hydrogens is 617 g/mol. The molecule has 3 heterocycles. The summed E-state index contributed by atoms with van der Waals surface area (Å²) in [4.78, 5) is 24.3. The number of alkyl halides is 3. The van der Waals surface area contributed by atoms with Gasteiger partial charge in [-0.15, -0.1) is 0 Å². The van der Waals surface area contributed by atoms with E-state index >= 15 is 8.78 Å². The zero-order chi connectivity index (χ0) is 32.5. The standard InChI is InChI=1S/C32H13F7N6O/c1-13(40-2)28-41-18-10-8-14(11-19(18)42-28)29-43-30(15-7-9-17-16-5-3-4-6-20(16)46-21(17)12-15)45-31(44-29)22-24(33)26(35)23(32(37,38)39)27(36)25(22)34/h3-12H,1H3/b28-13+. The Balaban J connectivity index is 1.48. The number of furan rings is 1. The maximum absolute atomic E-state index is 15.2. The van der Waals surface area contributed by atoms with Crippen molar-refractivity contribution in [2.45, 2.75) is 13.1 Å². The fourth-order valence-electron chi connectivity index (χ4n) is 5.00. The molecule has 0 atom stereocenters. The molecule has 0 aliphatic carbocycles. The number of nitrogens with zero attached hydrogens (tertiary/aromatic N) is 6. The van der Waals surface area contributed by atoms with Crippen molar-refractivity contribution in [2.75, 3.05) is 0 Å². The summed E-state index contributed by atoms with van der Waals surface area (Å²) in [6.45, 7) is 8.72. The molecular formula is C32H13F7N6O. The Morgan fingerprint density at radius 3 is 1.96 bits per heavy atom. The van der Waals surface area contributed by atoms with Crippen molar-refractivity contribution in [3.8, 4) is 34.2 Å². The molecule has 0 fully saturated rings.